The third-order valence-electron chi connectivity index (χ3n) is 2.94. The maximum atomic E-state index is 5.59. The minimum absolute atomic E-state index is 0.498. The molecule has 0 aromatic heterocycles. The van der Waals surface area contributed by atoms with Crippen LogP contribution in [0.3, 0.4) is 0 Å². The van der Waals surface area contributed by atoms with Crippen LogP contribution < -0.4 is 5.73 Å². The normalized spacial score (nSPS) is 37.2. The molecule has 0 saturated carbocycles. The van der Waals surface area contributed by atoms with E-state index in [0.717, 1.165) is 5.84 Å². The summed E-state index contributed by atoms with van der Waals surface area (Å²) in [7, 11) is 0. The Bertz CT molecular complexity index is 196. The first-order chi connectivity index (χ1) is 5.77. The lowest BCUT2D eigenvalue weighted by Crippen LogP contribution is -2.29. The summed E-state index contributed by atoms with van der Waals surface area (Å²) in [6.45, 7) is 4.39. The number of fused-ring (bicyclic) bond motifs is 1. The van der Waals surface area contributed by atoms with Crippen LogP contribution in [0, 0.1) is 0 Å². The Morgan fingerprint density at radius 1 is 1.42 bits per heavy atom. The molecule has 0 spiro atoms. The summed E-state index contributed by atoms with van der Waals surface area (Å²) >= 11 is 0. The van der Waals surface area contributed by atoms with Crippen LogP contribution in [0.25, 0.3) is 0 Å². The number of hydrogen-bond donors (Lipinski definition) is 1. The van der Waals surface area contributed by atoms with Gasteiger partial charge in [-0.05, 0) is 32.7 Å². The van der Waals surface area contributed by atoms with Gasteiger partial charge in [-0.2, -0.15) is 0 Å². The van der Waals surface area contributed by atoms with Crippen LogP contribution in [0.1, 0.15) is 26.2 Å². The van der Waals surface area contributed by atoms with Gasteiger partial charge in [0.2, 0.25) is 0 Å². The first-order valence-electron chi connectivity index (χ1n) is 4.81. The lowest BCUT2D eigenvalue weighted by Gasteiger charge is -2.16. The molecule has 0 aromatic rings. The molecule has 0 bridgehead atoms. The van der Waals surface area contributed by atoms with Gasteiger partial charge >= 0.3 is 0 Å². The smallest absolute Gasteiger partial charge is 0.0909 e. The number of hydrogen-bond acceptors (Lipinski definition) is 2. The second-order valence-electron chi connectivity index (χ2n) is 3.87. The summed E-state index contributed by atoms with van der Waals surface area (Å²) in [6, 6.07) is 1.21. The summed E-state index contributed by atoms with van der Waals surface area (Å²) in [5, 5.41) is 0. The van der Waals surface area contributed by atoms with E-state index < -0.39 is 0 Å². The van der Waals surface area contributed by atoms with Crippen LogP contribution in [0.15, 0.2) is 4.99 Å². The molecule has 0 aliphatic carbocycles. The zero-order valence-electron chi connectivity index (χ0n) is 7.66. The number of rotatable bonds is 1. The van der Waals surface area contributed by atoms with E-state index in [2.05, 4.69) is 9.89 Å². The van der Waals surface area contributed by atoms with E-state index in [4.69, 9.17) is 5.73 Å². The number of nitrogens with two attached hydrogens (primary N) is 1. The van der Waals surface area contributed by atoms with Crippen molar-refractivity contribution in [2.24, 2.45) is 10.7 Å². The predicted molar refractivity (Wildman–Crippen MR) is 50.3 cm³/mol. The summed E-state index contributed by atoms with van der Waals surface area (Å²) in [5.41, 5.74) is 5.59. The van der Waals surface area contributed by atoms with Crippen LogP contribution in [0.2, 0.25) is 0 Å². The Morgan fingerprint density at radius 3 is 3.00 bits per heavy atom. The van der Waals surface area contributed by atoms with Crippen molar-refractivity contribution in [2.45, 2.75) is 38.3 Å². The van der Waals surface area contributed by atoms with Gasteiger partial charge in [0, 0.05) is 12.6 Å². The highest BCUT2D eigenvalue weighted by Gasteiger charge is 2.36. The molecule has 2 aliphatic heterocycles. The molecule has 3 nitrogen and oxygen atoms in total. The molecule has 12 heavy (non-hydrogen) atoms. The van der Waals surface area contributed by atoms with Crippen LogP contribution in [-0.2, 0) is 0 Å². The minimum atomic E-state index is 0.498. The molecule has 2 saturated heterocycles. The molecule has 68 valence electrons. The molecule has 0 radical (unpaired) electrons. The van der Waals surface area contributed by atoms with Gasteiger partial charge in [-0.15, -0.1) is 0 Å². The van der Waals surface area contributed by atoms with E-state index >= 15 is 0 Å². The van der Waals surface area contributed by atoms with E-state index in [0.29, 0.717) is 12.1 Å². The first kappa shape index (κ1) is 8.05. The molecular formula is C9H17N3. The molecule has 2 fully saturated rings. The van der Waals surface area contributed by atoms with Crippen molar-refractivity contribution in [3.05, 3.63) is 0 Å². The highest BCUT2D eigenvalue weighted by atomic mass is 15.2. The van der Waals surface area contributed by atoms with Crippen LogP contribution >= 0.6 is 0 Å². The van der Waals surface area contributed by atoms with Crippen molar-refractivity contribution < 1.29 is 0 Å². The lowest BCUT2D eigenvalue weighted by molar-refractivity contribution is 0.314. The van der Waals surface area contributed by atoms with Crippen molar-refractivity contribution in [2.75, 3.05) is 13.1 Å². The highest BCUT2D eigenvalue weighted by molar-refractivity contribution is 5.77. The topological polar surface area (TPSA) is 41.6 Å². The van der Waals surface area contributed by atoms with Gasteiger partial charge in [-0.25, -0.2) is 0 Å². The Kier molecular flexibility index (Phi) is 2.05. The van der Waals surface area contributed by atoms with Gasteiger partial charge < -0.3 is 5.73 Å². The number of amidine groups is 1. The maximum absolute atomic E-state index is 5.59. The van der Waals surface area contributed by atoms with Crippen molar-refractivity contribution in [1.82, 2.24) is 4.90 Å². The van der Waals surface area contributed by atoms with Crippen molar-refractivity contribution in [1.29, 1.82) is 0 Å². The molecule has 2 rings (SSSR count). The summed E-state index contributed by atoms with van der Waals surface area (Å²) in [4.78, 5) is 7.02. The average molecular weight is 167 g/mol. The minimum Gasteiger partial charge on any atom is -0.388 e. The maximum Gasteiger partial charge on any atom is 0.0909 e. The Balaban J connectivity index is 2.04. The van der Waals surface area contributed by atoms with Gasteiger partial charge in [0.1, 0.15) is 0 Å². The average Bonchev–Trinajstić information content (AvgIpc) is 2.52. The predicted octanol–water partition coefficient (Wildman–Crippen LogP) is 0.600. The van der Waals surface area contributed by atoms with Crippen molar-refractivity contribution >= 4 is 5.84 Å². The van der Waals surface area contributed by atoms with Gasteiger partial charge in [0.25, 0.3) is 0 Å². The molecule has 2 atom stereocenters. The van der Waals surface area contributed by atoms with Gasteiger partial charge in [0.15, 0.2) is 0 Å². The van der Waals surface area contributed by atoms with Crippen LogP contribution in [0.4, 0.5) is 0 Å². The van der Waals surface area contributed by atoms with Gasteiger partial charge in [-0.1, -0.05) is 0 Å². The number of aliphatic imine (C=N–C) groups is 1. The van der Waals surface area contributed by atoms with Gasteiger partial charge in [-0.3, -0.25) is 9.89 Å². The van der Waals surface area contributed by atoms with E-state index in [1.807, 2.05) is 6.92 Å². The molecule has 2 N–H and O–H groups in total. The van der Waals surface area contributed by atoms with E-state index in [-0.39, 0.29) is 0 Å². The quantitative estimate of drug-likeness (QED) is 0.459. The van der Waals surface area contributed by atoms with E-state index in [1.54, 1.807) is 0 Å². The molecule has 2 aliphatic rings. The summed E-state index contributed by atoms with van der Waals surface area (Å²) in [5.74, 6) is 0.744. The first-order valence-corrected chi connectivity index (χ1v) is 4.81. The molecule has 3 heteroatoms. The number of nitrogens with zero attached hydrogens (tertiary/aromatic N) is 2. The monoisotopic (exact) mass is 167 g/mol. The molecule has 0 amide bonds. The summed E-state index contributed by atoms with van der Waals surface area (Å²) < 4.78 is 0. The second kappa shape index (κ2) is 3.05. The lowest BCUT2D eigenvalue weighted by atomic mass is 10.1. The fraction of sp³-hybridized carbons (Fsp3) is 0.889. The third kappa shape index (κ3) is 1.33. The van der Waals surface area contributed by atoms with E-state index in [9.17, 15) is 0 Å². The van der Waals surface area contributed by atoms with Crippen LogP contribution in [0.5, 0.6) is 0 Å². The van der Waals surface area contributed by atoms with Crippen LogP contribution in [-0.4, -0.2) is 35.9 Å². The summed E-state index contributed by atoms with van der Waals surface area (Å²) in [6.07, 6.45) is 3.88. The largest absolute Gasteiger partial charge is 0.388 e. The third-order valence-corrected chi connectivity index (χ3v) is 2.94. The molecule has 2 heterocycles. The standard InChI is InChI=1S/C9H17N3/c1-7(10)11-8-4-6-12-5-2-3-9(8)12/h8-9H,2-6H2,1H3,(H2,10,11). The van der Waals surface area contributed by atoms with Crippen molar-refractivity contribution in [3.63, 3.8) is 0 Å². The zero-order chi connectivity index (χ0) is 8.55. The second-order valence-corrected chi connectivity index (χ2v) is 3.87. The molecule has 2 unspecified atom stereocenters. The van der Waals surface area contributed by atoms with E-state index in [1.165, 1.54) is 32.4 Å². The fourth-order valence-electron chi connectivity index (χ4n) is 2.47. The van der Waals surface area contributed by atoms with Crippen molar-refractivity contribution in [3.8, 4) is 0 Å². The molecule has 0 aromatic carbocycles. The SMILES string of the molecule is CC(N)=NC1CCN2CCCC12. The molecular weight excluding hydrogens is 150 g/mol. The highest BCUT2D eigenvalue weighted by Crippen LogP contribution is 2.29. The fourth-order valence-corrected chi connectivity index (χ4v) is 2.47. The Morgan fingerprint density at radius 2 is 2.25 bits per heavy atom. The Hall–Kier alpha value is -0.570. The Labute approximate surface area is 73.6 Å². The van der Waals surface area contributed by atoms with Gasteiger partial charge in [0.05, 0.1) is 11.9 Å². The zero-order valence-corrected chi connectivity index (χ0v) is 7.66.